The van der Waals surface area contributed by atoms with Crippen molar-refractivity contribution in [2.24, 2.45) is 0 Å². The maximum Gasteiger partial charge on any atom is 0.319 e. The molecule has 0 radical (unpaired) electrons. The van der Waals surface area contributed by atoms with Gasteiger partial charge in [0, 0.05) is 12.6 Å². The molecule has 1 aromatic carbocycles. The van der Waals surface area contributed by atoms with E-state index in [2.05, 4.69) is 5.32 Å². The number of nitro groups is 1. The summed E-state index contributed by atoms with van der Waals surface area (Å²) in [5.41, 5.74) is 0.530. The molecule has 1 rings (SSSR count). The van der Waals surface area contributed by atoms with Crippen LogP contribution in [0.2, 0.25) is 5.02 Å². The van der Waals surface area contributed by atoms with Crippen LogP contribution in [0.5, 0.6) is 0 Å². The third-order valence-electron chi connectivity index (χ3n) is 2.11. The molecule has 7 heteroatoms. The molecule has 0 amide bonds. The lowest BCUT2D eigenvalue weighted by molar-refractivity contribution is -0.384. The van der Waals surface area contributed by atoms with Crippen LogP contribution < -0.4 is 5.32 Å². The van der Waals surface area contributed by atoms with Gasteiger partial charge in [0.2, 0.25) is 0 Å². The number of nitrogens with zero attached hydrogens (tertiary/aromatic N) is 1. The monoisotopic (exact) mass is 272 g/mol. The number of rotatable bonds is 6. The number of esters is 1. The standard InChI is InChI=1S/C11H13ClN2O4/c1-2-18-11(15)7-13-6-8-3-4-9(12)10(5-8)14(16)17/h3-5,13H,2,6-7H2,1H3. The average molecular weight is 273 g/mol. The molecule has 0 aliphatic heterocycles. The molecule has 0 bridgehead atoms. The highest BCUT2D eigenvalue weighted by molar-refractivity contribution is 6.32. The molecule has 0 spiro atoms. The molecule has 6 nitrogen and oxygen atoms in total. The number of carbonyl (C=O) groups excluding carboxylic acids is 1. The zero-order chi connectivity index (χ0) is 13.5. The number of ether oxygens (including phenoxy) is 1. The van der Waals surface area contributed by atoms with E-state index in [-0.39, 0.29) is 23.2 Å². The second-order valence-electron chi connectivity index (χ2n) is 3.45. The van der Waals surface area contributed by atoms with Crippen molar-refractivity contribution >= 4 is 23.3 Å². The molecule has 1 aromatic rings. The molecule has 18 heavy (non-hydrogen) atoms. The summed E-state index contributed by atoms with van der Waals surface area (Å²) in [5, 5.41) is 13.6. The lowest BCUT2D eigenvalue weighted by Gasteiger charge is -2.05. The predicted octanol–water partition coefficient (Wildman–Crippen LogP) is 1.90. The Morgan fingerprint density at radius 2 is 2.28 bits per heavy atom. The highest BCUT2D eigenvalue weighted by Gasteiger charge is 2.12. The topological polar surface area (TPSA) is 81.5 Å². The zero-order valence-corrected chi connectivity index (χ0v) is 10.6. The third-order valence-corrected chi connectivity index (χ3v) is 2.43. The van der Waals surface area contributed by atoms with E-state index in [0.717, 1.165) is 0 Å². The van der Waals surface area contributed by atoms with E-state index < -0.39 is 4.92 Å². The van der Waals surface area contributed by atoms with Gasteiger partial charge in [0.1, 0.15) is 5.02 Å². The van der Waals surface area contributed by atoms with E-state index in [4.69, 9.17) is 16.3 Å². The Balaban J connectivity index is 2.55. The maximum absolute atomic E-state index is 11.0. The quantitative estimate of drug-likeness (QED) is 0.486. The Kier molecular flexibility index (Phi) is 5.54. The highest BCUT2D eigenvalue weighted by atomic mass is 35.5. The summed E-state index contributed by atoms with van der Waals surface area (Å²) in [6.07, 6.45) is 0. The number of carbonyl (C=O) groups is 1. The first kappa shape index (κ1) is 14.4. The van der Waals surface area contributed by atoms with Crippen LogP contribution in [0.15, 0.2) is 18.2 Å². The molecule has 0 aliphatic carbocycles. The SMILES string of the molecule is CCOC(=O)CNCc1ccc(Cl)c([N+](=O)[O-])c1. The van der Waals surface area contributed by atoms with Crippen LogP contribution in [-0.2, 0) is 16.1 Å². The predicted molar refractivity (Wildman–Crippen MR) is 66.4 cm³/mol. The van der Waals surface area contributed by atoms with Crippen LogP contribution in [0.3, 0.4) is 0 Å². The summed E-state index contributed by atoms with van der Waals surface area (Å²) < 4.78 is 4.73. The molecule has 0 saturated carbocycles. The van der Waals surface area contributed by atoms with Crippen molar-refractivity contribution in [1.82, 2.24) is 5.32 Å². The van der Waals surface area contributed by atoms with Crippen molar-refractivity contribution < 1.29 is 14.5 Å². The smallest absolute Gasteiger partial charge is 0.319 e. The summed E-state index contributed by atoms with van der Waals surface area (Å²) >= 11 is 5.68. The van der Waals surface area contributed by atoms with Crippen LogP contribution in [0.1, 0.15) is 12.5 Å². The fourth-order valence-electron chi connectivity index (χ4n) is 1.33. The molecule has 0 heterocycles. The summed E-state index contributed by atoms with van der Waals surface area (Å²) in [6, 6.07) is 4.50. The molecule has 0 fully saturated rings. The number of hydrogen-bond donors (Lipinski definition) is 1. The maximum atomic E-state index is 11.0. The lowest BCUT2D eigenvalue weighted by Crippen LogP contribution is -2.24. The first-order valence-corrected chi connectivity index (χ1v) is 5.71. The van der Waals surface area contributed by atoms with Gasteiger partial charge in [0.25, 0.3) is 5.69 Å². The second-order valence-corrected chi connectivity index (χ2v) is 3.86. The first-order chi connectivity index (χ1) is 8.54. The third kappa shape index (κ3) is 4.31. The number of halogens is 1. The van der Waals surface area contributed by atoms with Gasteiger partial charge in [0.15, 0.2) is 0 Å². The zero-order valence-electron chi connectivity index (χ0n) is 9.81. The van der Waals surface area contributed by atoms with Gasteiger partial charge in [-0.2, -0.15) is 0 Å². The fourth-order valence-corrected chi connectivity index (χ4v) is 1.52. The molecule has 0 atom stereocenters. The van der Waals surface area contributed by atoms with Gasteiger partial charge in [-0.25, -0.2) is 0 Å². The molecule has 0 unspecified atom stereocenters. The van der Waals surface area contributed by atoms with Crippen LogP contribution in [0, 0.1) is 10.1 Å². The van der Waals surface area contributed by atoms with Gasteiger partial charge in [-0.1, -0.05) is 17.7 Å². The van der Waals surface area contributed by atoms with Crippen molar-refractivity contribution in [3.63, 3.8) is 0 Å². The van der Waals surface area contributed by atoms with Crippen LogP contribution in [0.25, 0.3) is 0 Å². The summed E-state index contributed by atoms with van der Waals surface area (Å²) in [6.45, 7) is 2.44. The van der Waals surface area contributed by atoms with Crippen LogP contribution >= 0.6 is 11.6 Å². The van der Waals surface area contributed by atoms with Gasteiger partial charge in [-0.15, -0.1) is 0 Å². The molecule has 0 aliphatic rings. The van der Waals surface area contributed by atoms with E-state index in [1.807, 2.05) is 0 Å². The molecular formula is C11H13ClN2O4. The Labute approximate surface area is 109 Å². The van der Waals surface area contributed by atoms with Gasteiger partial charge in [-0.05, 0) is 18.6 Å². The van der Waals surface area contributed by atoms with Crippen LogP contribution in [-0.4, -0.2) is 24.0 Å². The normalized spacial score (nSPS) is 10.1. The minimum Gasteiger partial charge on any atom is -0.465 e. The summed E-state index contributed by atoms with van der Waals surface area (Å²) in [5.74, 6) is -0.360. The van der Waals surface area contributed by atoms with Crippen molar-refractivity contribution in [3.05, 3.63) is 38.9 Å². The minimum absolute atomic E-state index is 0.0598. The van der Waals surface area contributed by atoms with Gasteiger partial charge in [-0.3, -0.25) is 14.9 Å². The molecule has 0 saturated heterocycles. The number of benzene rings is 1. The number of nitrogens with one attached hydrogen (secondary N) is 1. The molecular weight excluding hydrogens is 260 g/mol. The van der Waals surface area contributed by atoms with Crippen molar-refractivity contribution in [2.75, 3.05) is 13.2 Å². The van der Waals surface area contributed by atoms with Crippen molar-refractivity contribution in [3.8, 4) is 0 Å². The van der Waals surface area contributed by atoms with Gasteiger partial charge >= 0.3 is 5.97 Å². The van der Waals surface area contributed by atoms with E-state index >= 15 is 0 Å². The Hall–Kier alpha value is -1.66. The Morgan fingerprint density at radius 3 is 2.89 bits per heavy atom. The van der Waals surface area contributed by atoms with E-state index in [9.17, 15) is 14.9 Å². The van der Waals surface area contributed by atoms with E-state index in [1.54, 1.807) is 13.0 Å². The van der Waals surface area contributed by atoms with E-state index in [1.165, 1.54) is 12.1 Å². The first-order valence-electron chi connectivity index (χ1n) is 5.33. The fraction of sp³-hybridized carbons (Fsp3) is 0.364. The highest BCUT2D eigenvalue weighted by Crippen LogP contribution is 2.24. The Morgan fingerprint density at radius 1 is 1.56 bits per heavy atom. The number of hydrogen-bond acceptors (Lipinski definition) is 5. The molecule has 98 valence electrons. The van der Waals surface area contributed by atoms with Crippen molar-refractivity contribution in [1.29, 1.82) is 0 Å². The van der Waals surface area contributed by atoms with E-state index in [0.29, 0.717) is 18.7 Å². The summed E-state index contributed by atoms with van der Waals surface area (Å²) in [7, 11) is 0. The summed E-state index contributed by atoms with van der Waals surface area (Å²) in [4.78, 5) is 21.2. The minimum atomic E-state index is -0.544. The van der Waals surface area contributed by atoms with Gasteiger partial charge in [0.05, 0.1) is 18.1 Å². The average Bonchev–Trinajstić information content (AvgIpc) is 2.31. The molecule has 0 aromatic heterocycles. The molecule has 1 N–H and O–H groups in total. The second kappa shape index (κ2) is 6.93. The van der Waals surface area contributed by atoms with Gasteiger partial charge < -0.3 is 10.1 Å². The lowest BCUT2D eigenvalue weighted by atomic mass is 10.2. The largest absolute Gasteiger partial charge is 0.465 e. The Bertz CT molecular complexity index is 451. The van der Waals surface area contributed by atoms with Crippen LogP contribution in [0.4, 0.5) is 5.69 Å². The van der Waals surface area contributed by atoms with Crippen molar-refractivity contribution in [2.45, 2.75) is 13.5 Å². The number of nitro benzene ring substituents is 1.